The number of nitrogens with one attached hydrogen (secondary N) is 2. The SMILES string of the molecule is CCNC(=NCc1ccc(N2CCC(O)CC2)c(F)c1)NC1CCN(C2CC2)CC1. The first kappa shape index (κ1) is 21.4. The summed E-state index contributed by atoms with van der Waals surface area (Å²) in [4.78, 5) is 9.35. The number of aliphatic imine (C=N–C) groups is 1. The van der Waals surface area contributed by atoms with Crippen LogP contribution in [0.4, 0.5) is 10.1 Å². The van der Waals surface area contributed by atoms with Gasteiger partial charge in [0.2, 0.25) is 0 Å². The lowest BCUT2D eigenvalue weighted by atomic mass is 10.1. The summed E-state index contributed by atoms with van der Waals surface area (Å²) in [5, 5.41) is 16.6. The van der Waals surface area contributed by atoms with Crippen molar-refractivity contribution in [2.75, 3.05) is 37.6 Å². The van der Waals surface area contributed by atoms with Crippen molar-refractivity contribution in [1.29, 1.82) is 0 Å². The molecular formula is C23H36FN5O. The molecule has 6 nitrogen and oxygen atoms in total. The van der Waals surface area contributed by atoms with Gasteiger partial charge in [-0.1, -0.05) is 6.07 Å². The molecule has 2 saturated heterocycles. The van der Waals surface area contributed by atoms with Crippen molar-refractivity contribution in [2.24, 2.45) is 4.99 Å². The van der Waals surface area contributed by atoms with Crippen LogP contribution in [0.25, 0.3) is 0 Å². The van der Waals surface area contributed by atoms with E-state index >= 15 is 0 Å². The number of likely N-dealkylation sites (tertiary alicyclic amines) is 1. The van der Waals surface area contributed by atoms with Crippen LogP contribution in [0, 0.1) is 5.82 Å². The fraction of sp³-hybridized carbons (Fsp3) is 0.696. The number of guanidine groups is 1. The van der Waals surface area contributed by atoms with E-state index in [0.717, 1.165) is 37.0 Å². The average molecular weight is 418 g/mol. The predicted octanol–water partition coefficient (Wildman–Crippen LogP) is 2.47. The zero-order valence-corrected chi connectivity index (χ0v) is 18.1. The minimum atomic E-state index is -0.254. The number of hydrogen-bond acceptors (Lipinski definition) is 4. The molecule has 1 aliphatic carbocycles. The molecule has 30 heavy (non-hydrogen) atoms. The highest BCUT2D eigenvalue weighted by Crippen LogP contribution is 2.29. The van der Waals surface area contributed by atoms with E-state index in [4.69, 9.17) is 4.99 Å². The van der Waals surface area contributed by atoms with Gasteiger partial charge in [-0.3, -0.25) is 0 Å². The Kier molecular flexibility index (Phi) is 7.10. The van der Waals surface area contributed by atoms with Crippen LogP contribution in [0.1, 0.15) is 51.0 Å². The van der Waals surface area contributed by atoms with E-state index < -0.39 is 0 Å². The van der Waals surface area contributed by atoms with Gasteiger partial charge in [-0.2, -0.15) is 0 Å². The van der Waals surface area contributed by atoms with Crippen molar-refractivity contribution in [3.8, 4) is 0 Å². The number of nitrogens with zero attached hydrogens (tertiary/aromatic N) is 3. The lowest BCUT2D eigenvalue weighted by Crippen LogP contribution is -2.49. The summed E-state index contributed by atoms with van der Waals surface area (Å²) in [5.74, 6) is 0.612. The zero-order valence-electron chi connectivity index (χ0n) is 18.1. The maximum absolute atomic E-state index is 14.7. The van der Waals surface area contributed by atoms with Crippen molar-refractivity contribution in [1.82, 2.24) is 15.5 Å². The highest BCUT2D eigenvalue weighted by Gasteiger charge is 2.31. The molecule has 3 fully saturated rings. The lowest BCUT2D eigenvalue weighted by molar-refractivity contribution is 0.145. The van der Waals surface area contributed by atoms with Crippen molar-refractivity contribution in [3.05, 3.63) is 29.6 Å². The molecular weight excluding hydrogens is 381 g/mol. The van der Waals surface area contributed by atoms with Crippen LogP contribution in [0.3, 0.4) is 0 Å². The smallest absolute Gasteiger partial charge is 0.191 e. The molecule has 7 heteroatoms. The van der Waals surface area contributed by atoms with E-state index in [9.17, 15) is 9.50 Å². The molecule has 3 aliphatic rings. The third-order valence-corrected chi connectivity index (χ3v) is 6.51. The highest BCUT2D eigenvalue weighted by molar-refractivity contribution is 5.80. The zero-order chi connectivity index (χ0) is 20.9. The maximum atomic E-state index is 14.7. The molecule has 1 saturated carbocycles. The summed E-state index contributed by atoms with van der Waals surface area (Å²) < 4.78 is 14.7. The van der Waals surface area contributed by atoms with Gasteiger partial charge in [0, 0.05) is 44.8 Å². The largest absolute Gasteiger partial charge is 0.393 e. The quantitative estimate of drug-likeness (QED) is 0.490. The Balaban J connectivity index is 1.32. The third kappa shape index (κ3) is 5.64. The molecule has 1 aromatic carbocycles. The van der Waals surface area contributed by atoms with E-state index in [0.29, 0.717) is 44.2 Å². The Morgan fingerprint density at radius 2 is 1.83 bits per heavy atom. The first-order valence-corrected chi connectivity index (χ1v) is 11.6. The summed E-state index contributed by atoms with van der Waals surface area (Å²) in [5.41, 5.74) is 1.50. The van der Waals surface area contributed by atoms with Crippen LogP contribution in [0.15, 0.2) is 23.2 Å². The first-order valence-electron chi connectivity index (χ1n) is 11.6. The molecule has 1 aromatic rings. The first-order chi connectivity index (χ1) is 14.6. The summed E-state index contributed by atoms with van der Waals surface area (Å²) in [6, 6.07) is 6.71. The molecule has 166 valence electrons. The Morgan fingerprint density at radius 3 is 2.47 bits per heavy atom. The minimum Gasteiger partial charge on any atom is -0.393 e. The van der Waals surface area contributed by atoms with E-state index in [2.05, 4.69) is 22.5 Å². The van der Waals surface area contributed by atoms with E-state index in [1.165, 1.54) is 25.9 Å². The number of anilines is 1. The summed E-state index contributed by atoms with van der Waals surface area (Å²) in [6.45, 7) is 7.06. The Labute approximate surface area is 179 Å². The van der Waals surface area contributed by atoms with Gasteiger partial charge < -0.3 is 25.5 Å². The van der Waals surface area contributed by atoms with Crippen LogP contribution in [0.2, 0.25) is 0 Å². The number of halogens is 1. The van der Waals surface area contributed by atoms with Crippen molar-refractivity contribution in [3.63, 3.8) is 0 Å². The van der Waals surface area contributed by atoms with Gasteiger partial charge in [0.05, 0.1) is 18.3 Å². The monoisotopic (exact) mass is 417 g/mol. The van der Waals surface area contributed by atoms with Crippen molar-refractivity contribution in [2.45, 2.75) is 70.2 Å². The van der Waals surface area contributed by atoms with Gasteiger partial charge >= 0.3 is 0 Å². The molecule has 4 rings (SSSR count). The number of piperidine rings is 2. The number of benzene rings is 1. The van der Waals surface area contributed by atoms with Gasteiger partial charge in [0.15, 0.2) is 5.96 Å². The van der Waals surface area contributed by atoms with Gasteiger partial charge in [-0.15, -0.1) is 0 Å². The molecule has 0 atom stereocenters. The molecule has 0 spiro atoms. The minimum absolute atomic E-state index is 0.204. The number of aliphatic hydroxyl groups is 1. The summed E-state index contributed by atoms with van der Waals surface area (Å²) in [6.07, 6.45) is 6.18. The number of aliphatic hydroxyl groups excluding tert-OH is 1. The molecule has 0 radical (unpaired) electrons. The molecule has 0 unspecified atom stereocenters. The fourth-order valence-electron chi connectivity index (χ4n) is 4.54. The van der Waals surface area contributed by atoms with Gasteiger partial charge in [-0.05, 0) is 63.1 Å². The standard InChI is InChI=1S/C23H36FN5O/c1-2-25-23(27-18-7-11-28(12-8-18)19-4-5-19)26-16-17-3-6-22(21(24)15-17)29-13-9-20(30)10-14-29/h3,6,15,18-20,30H,2,4-5,7-14,16H2,1H3,(H2,25,26,27). The third-order valence-electron chi connectivity index (χ3n) is 6.51. The highest BCUT2D eigenvalue weighted by atomic mass is 19.1. The van der Waals surface area contributed by atoms with Gasteiger partial charge in [0.1, 0.15) is 5.82 Å². The van der Waals surface area contributed by atoms with Crippen molar-refractivity contribution >= 4 is 11.6 Å². The summed E-state index contributed by atoms with van der Waals surface area (Å²) >= 11 is 0. The summed E-state index contributed by atoms with van der Waals surface area (Å²) in [7, 11) is 0. The second-order valence-corrected chi connectivity index (χ2v) is 8.88. The maximum Gasteiger partial charge on any atom is 0.191 e. The Hall–Kier alpha value is -1.86. The Bertz CT molecular complexity index is 722. The van der Waals surface area contributed by atoms with Crippen LogP contribution >= 0.6 is 0 Å². The molecule has 2 heterocycles. The topological polar surface area (TPSA) is 63.1 Å². The van der Waals surface area contributed by atoms with Gasteiger partial charge in [0.25, 0.3) is 0 Å². The number of hydrogen-bond donors (Lipinski definition) is 3. The van der Waals surface area contributed by atoms with Gasteiger partial charge in [-0.25, -0.2) is 9.38 Å². The van der Waals surface area contributed by atoms with E-state index in [1.807, 2.05) is 17.0 Å². The van der Waals surface area contributed by atoms with Crippen LogP contribution in [-0.2, 0) is 6.54 Å². The Morgan fingerprint density at radius 1 is 1.10 bits per heavy atom. The normalized spacial score (nSPS) is 22.4. The van der Waals surface area contributed by atoms with Crippen molar-refractivity contribution < 1.29 is 9.50 Å². The molecule has 0 aromatic heterocycles. The van der Waals surface area contributed by atoms with Crippen LogP contribution in [-0.4, -0.2) is 66.9 Å². The van der Waals surface area contributed by atoms with E-state index in [1.54, 1.807) is 6.07 Å². The second kappa shape index (κ2) is 9.96. The van der Waals surface area contributed by atoms with E-state index in [-0.39, 0.29) is 11.9 Å². The number of rotatable bonds is 6. The molecule has 0 bridgehead atoms. The van der Waals surface area contributed by atoms with Crippen LogP contribution < -0.4 is 15.5 Å². The molecule has 2 aliphatic heterocycles. The average Bonchev–Trinajstić information content (AvgIpc) is 3.59. The lowest BCUT2D eigenvalue weighted by Gasteiger charge is -2.33. The molecule has 0 amide bonds. The molecule has 3 N–H and O–H groups in total. The van der Waals surface area contributed by atoms with Crippen LogP contribution in [0.5, 0.6) is 0 Å². The second-order valence-electron chi connectivity index (χ2n) is 8.88. The predicted molar refractivity (Wildman–Crippen MR) is 119 cm³/mol. The fourth-order valence-corrected chi connectivity index (χ4v) is 4.54.